The second kappa shape index (κ2) is 14.0. The zero-order valence-electron chi connectivity index (χ0n) is 16.2. The van der Waals surface area contributed by atoms with Crippen LogP contribution < -0.4 is 0 Å². The van der Waals surface area contributed by atoms with E-state index in [1.807, 2.05) is 0 Å². The van der Waals surface area contributed by atoms with Gasteiger partial charge in [-0.25, -0.2) is 0 Å². The van der Waals surface area contributed by atoms with Gasteiger partial charge in [0.2, 0.25) is 0 Å². The van der Waals surface area contributed by atoms with Crippen LogP contribution >= 0.6 is 0 Å². The Hall–Kier alpha value is -0.240. The molecule has 0 N–H and O–H groups in total. The summed E-state index contributed by atoms with van der Waals surface area (Å²) < 4.78 is 22.8. The molecule has 0 spiro atoms. The van der Waals surface area contributed by atoms with Crippen molar-refractivity contribution >= 4 is 0 Å². The van der Waals surface area contributed by atoms with Crippen molar-refractivity contribution in [1.29, 1.82) is 0 Å². The molecule has 1 fully saturated rings. The first-order valence-corrected chi connectivity index (χ1v) is 9.40. The molecule has 24 heavy (non-hydrogen) atoms. The van der Waals surface area contributed by atoms with Gasteiger partial charge in [-0.2, -0.15) is 0 Å². The molecule has 144 valence electrons. The van der Waals surface area contributed by atoms with E-state index in [0.29, 0.717) is 38.5 Å². The first kappa shape index (κ1) is 21.8. The minimum Gasteiger partial charge on any atom is -0.378 e. The van der Waals surface area contributed by atoms with E-state index in [9.17, 15) is 0 Å². The molecule has 0 aliphatic carbocycles. The van der Waals surface area contributed by atoms with E-state index in [2.05, 4.69) is 37.5 Å². The van der Waals surface area contributed by atoms with Crippen LogP contribution in [0, 0.1) is 0 Å². The molecule has 6 heteroatoms. The lowest BCUT2D eigenvalue weighted by Gasteiger charge is -2.27. The summed E-state index contributed by atoms with van der Waals surface area (Å²) in [6.45, 7) is 18.1. The second-order valence-electron chi connectivity index (χ2n) is 6.71. The third kappa shape index (κ3) is 10.6. The van der Waals surface area contributed by atoms with E-state index in [4.69, 9.17) is 18.9 Å². The van der Waals surface area contributed by atoms with Gasteiger partial charge in [-0.15, -0.1) is 0 Å². The molecule has 0 aromatic heterocycles. The lowest BCUT2D eigenvalue weighted by molar-refractivity contribution is 0.00120. The third-order valence-corrected chi connectivity index (χ3v) is 4.30. The van der Waals surface area contributed by atoms with Crippen molar-refractivity contribution in [2.24, 2.45) is 0 Å². The highest BCUT2D eigenvalue weighted by Crippen LogP contribution is 2.00. The second-order valence-corrected chi connectivity index (χ2v) is 6.71. The van der Waals surface area contributed by atoms with Gasteiger partial charge in [0, 0.05) is 38.3 Å². The van der Waals surface area contributed by atoms with Gasteiger partial charge in [0.25, 0.3) is 0 Å². The van der Waals surface area contributed by atoms with Crippen LogP contribution in [0.4, 0.5) is 0 Å². The van der Waals surface area contributed by atoms with Gasteiger partial charge >= 0.3 is 0 Å². The minimum atomic E-state index is 0.498. The highest BCUT2D eigenvalue weighted by Gasteiger charge is 2.10. The molecule has 1 rings (SSSR count). The largest absolute Gasteiger partial charge is 0.378 e. The Morgan fingerprint density at radius 2 is 0.708 bits per heavy atom. The van der Waals surface area contributed by atoms with Crippen molar-refractivity contribution in [1.82, 2.24) is 9.80 Å². The van der Waals surface area contributed by atoms with Crippen LogP contribution in [0.3, 0.4) is 0 Å². The Balaban J connectivity index is 2.35. The topological polar surface area (TPSA) is 43.4 Å². The molecule has 0 aromatic rings. The highest BCUT2D eigenvalue weighted by molar-refractivity contribution is 4.63. The van der Waals surface area contributed by atoms with Gasteiger partial charge in [0.05, 0.1) is 52.9 Å². The zero-order valence-corrected chi connectivity index (χ0v) is 16.2. The summed E-state index contributed by atoms with van der Waals surface area (Å²) in [5.74, 6) is 0. The van der Waals surface area contributed by atoms with E-state index in [-0.39, 0.29) is 0 Å². The monoisotopic (exact) mass is 346 g/mol. The lowest BCUT2D eigenvalue weighted by atomic mass is 10.3. The Labute approximate surface area is 148 Å². The average molecular weight is 347 g/mol. The summed E-state index contributed by atoms with van der Waals surface area (Å²) in [4.78, 5) is 4.76. The molecule has 0 unspecified atom stereocenters. The van der Waals surface area contributed by atoms with Crippen molar-refractivity contribution in [2.45, 2.75) is 39.8 Å². The Kier molecular flexibility index (Phi) is 12.7. The summed E-state index contributed by atoms with van der Waals surface area (Å²) in [5, 5.41) is 0. The van der Waals surface area contributed by atoms with Gasteiger partial charge in [0.15, 0.2) is 0 Å². The summed E-state index contributed by atoms with van der Waals surface area (Å²) in [6, 6.07) is 0.995. The molecule has 1 saturated heterocycles. The molecule has 0 atom stereocenters. The maximum atomic E-state index is 5.69. The van der Waals surface area contributed by atoms with Crippen LogP contribution in [0.1, 0.15) is 27.7 Å². The van der Waals surface area contributed by atoms with Crippen molar-refractivity contribution in [3.8, 4) is 0 Å². The highest BCUT2D eigenvalue weighted by atomic mass is 16.5. The fourth-order valence-corrected chi connectivity index (χ4v) is 2.63. The van der Waals surface area contributed by atoms with Crippen molar-refractivity contribution in [3.05, 3.63) is 0 Å². The molecule has 0 bridgehead atoms. The molecule has 0 amide bonds. The van der Waals surface area contributed by atoms with E-state index in [0.717, 1.165) is 52.6 Å². The minimum absolute atomic E-state index is 0.498. The number of hydrogen-bond acceptors (Lipinski definition) is 6. The molecule has 0 radical (unpaired) electrons. The number of nitrogens with zero attached hydrogens (tertiary/aromatic N) is 2. The molecule has 1 heterocycles. The van der Waals surface area contributed by atoms with Crippen molar-refractivity contribution in [2.75, 3.05) is 79.0 Å². The smallest absolute Gasteiger partial charge is 0.0701 e. The Morgan fingerprint density at radius 1 is 0.458 bits per heavy atom. The van der Waals surface area contributed by atoms with Crippen molar-refractivity contribution < 1.29 is 18.9 Å². The van der Waals surface area contributed by atoms with E-state index >= 15 is 0 Å². The number of ether oxygens (including phenoxy) is 4. The van der Waals surface area contributed by atoms with E-state index < -0.39 is 0 Å². The summed E-state index contributed by atoms with van der Waals surface area (Å²) >= 11 is 0. The summed E-state index contributed by atoms with van der Waals surface area (Å²) in [6.07, 6.45) is 0. The maximum absolute atomic E-state index is 5.69. The fourth-order valence-electron chi connectivity index (χ4n) is 2.63. The predicted molar refractivity (Wildman–Crippen MR) is 96.7 cm³/mol. The number of rotatable bonds is 2. The average Bonchev–Trinajstić information content (AvgIpc) is 2.54. The van der Waals surface area contributed by atoms with Gasteiger partial charge < -0.3 is 18.9 Å². The van der Waals surface area contributed by atoms with E-state index in [1.54, 1.807) is 0 Å². The first-order valence-electron chi connectivity index (χ1n) is 9.40. The van der Waals surface area contributed by atoms with Crippen LogP contribution in [-0.4, -0.2) is 101 Å². The zero-order chi connectivity index (χ0) is 17.6. The predicted octanol–water partition coefficient (Wildman–Crippen LogP) is 1.49. The first-order chi connectivity index (χ1) is 11.6. The van der Waals surface area contributed by atoms with Gasteiger partial charge in [0.1, 0.15) is 0 Å². The maximum Gasteiger partial charge on any atom is 0.0701 e. The quantitative estimate of drug-likeness (QED) is 0.755. The standard InChI is InChI=1S/C18H38N2O4/c1-17(2)19-5-9-21-13-15-23-11-7-20(18(3)4)8-12-24-16-14-22-10-6-19/h17-18H,5-16H2,1-4H3. The Bertz CT molecular complexity index is 242. The molecule has 0 saturated carbocycles. The fraction of sp³-hybridized carbons (Fsp3) is 1.00. The molecule has 1 aliphatic rings. The summed E-state index contributed by atoms with van der Waals surface area (Å²) in [7, 11) is 0. The van der Waals surface area contributed by atoms with Gasteiger partial charge in [-0.05, 0) is 27.7 Å². The van der Waals surface area contributed by atoms with Crippen LogP contribution in [0.2, 0.25) is 0 Å². The molecular formula is C18H38N2O4. The number of hydrogen-bond donors (Lipinski definition) is 0. The molecular weight excluding hydrogens is 308 g/mol. The van der Waals surface area contributed by atoms with Crippen molar-refractivity contribution in [3.63, 3.8) is 0 Å². The molecule has 1 aliphatic heterocycles. The normalized spacial score (nSPS) is 23.2. The van der Waals surface area contributed by atoms with E-state index in [1.165, 1.54) is 0 Å². The lowest BCUT2D eigenvalue weighted by Crippen LogP contribution is -2.38. The third-order valence-electron chi connectivity index (χ3n) is 4.30. The SMILES string of the molecule is CC(C)N1CCOCCOCCN(C(C)C)CCOCCOCC1. The van der Waals surface area contributed by atoms with Crippen LogP contribution in [0.15, 0.2) is 0 Å². The van der Waals surface area contributed by atoms with Gasteiger partial charge in [-0.1, -0.05) is 0 Å². The summed E-state index contributed by atoms with van der Waals surface area (Å²) in [5.41, 5.74) is 0. The molecule has 0 aromatic carbocycles. The van der Waals surface area contributed by atoms with Gasteiger partial charge in [-0.3, -0.25) is 9.80 Å². The van der Waals surface area contributed by atoms with Crippen LogP contribution in [-0.2, 0) is 18.9 Å². The van der Waals surface area contributed by atoms with Crippen LogP contribution in [0.25, 0.3) is 0 Å². The Morgan fingerprint density at radius 3 is 0.917 bits per heavy atom. The van der Waals surface area contributed by atoms with Crippen LogP contribution in [0.5, 0.6) is 0 Å². The molecule has 6 nitrogen and oxygen atoms in total.